The SMILES string of the molecule is O=C(c1ccc(CN2CCCC2)o1)N1C=CCN(c2nc(Cc3ccc(F)cc3)ns2)C=C1. The van der Waals surface area contributed by atoms with Crippen molar-refractivity contribution in [2.75, 3.05) is 24.5 Å². The molecule has 3 aromatic rings. The molecule has 7 nitrogen and oxygen atoms in total. The van der Waals surface area contributed by atoms with Gasteiger partial charge in [0.15, 0.2) is 5.76 Å². The molecular formula is C24H24FN5O2S. The Balaban J connectivity index is 1.22. The van der Waals surface area contributed by atoms with Crippen LogP contribution in [-0.4, -0.2) is 44.7 Å². The molecule has 2 aliphatic rings. The Morgan fingerprint density at radius 3 is 2.70 bits per heavy atom. The molecule has 33 heavy (non-hydrogen) atoms. The second-order valence-electron chi connectivity index (χ2n) is 8.09. The summed E-state index contributed by atoms with van der Waals surface area (Å²) in [5.74, 6) is 1.34. The number of amides is 1. The van der Waals surface area contributed by atoms with Gasteiger partial charge in [-0.05, 0) is 61.8 Å². The van der Waals surface area contributed by atoms with Crippen LogP contribution in [0.1, 0.15) is 40.5 Å². The Bertz CT molecular complexity index is 1160. The minimum absolute atomic E-state index is 0.216. The topological polar surface area (TPSA) is 65.7 Å². The van der Waals surface area contributed by atoms with Crippen molar-refractivity contribution in [3.05, 3.63) is 89.8 Å². The van der Waals surface area contributed by atoms with Gasteiger partial charge in [-0.1, -0.05) is 12.1 Å². The maximum absolute atomic E-state index is 13.1. The Hall–Kier alpha value is -3.30. The molecule has 0 saturated carbocycles. The number of rotatable bonds is 6. The molecule has 2 aliphatic heterocycles. The quantitative estimate of drug-likeness (QED) is 0.538. The molecule has 0 aliphatic carbocycles. The summed E-state index contributed by atoms with van der Waals surface area (Å²) in [4.78, 5) is 23.3. The third kappa shape index (κ3) is 5.20. The number of halogens is 1. The highest BCUT2D eigenvalue weighted by atomic mass is 32.1. The monoisotopic (exact) mass is 465 g/mol. The number of hydrogen-bond donors (Lipinski definition) is 0. The molecule has 1 saturated heterocycles. The maximum Gasteiger partial charge on any atom is 0.297 e. The van der Waals surface area contributed by atoms with Crippen molar-refractivity contribution < 1.29 is 13.6 Å². The fourth-order valence-electron chi connectivity index (χ4n) is 3.90. The van der Waals surface area contributed by atoms with Crippen molar-refractivity contribution in [1.82, 2.24) is 19.2 Å². The van der Waals surface area contributed by atoms with E-state index in [0.29, 0.717) is 24.6 Å². The van der Waals surface area contributed by atoms with Crippen LogP contribution in [0.15, 0.2) is 65.5 Å². The fourth-order valence-corrected chi connectivity index (χ4v) is 4.58. The van der Waals surface area contributed by atoms with E-state index in [2.05, 4.69) is 14.3 Å². The van der Waals surface area contributed by atoms with Gasteiger partial charge in [0.25, 0.3) is 5.91 Å². The summed E-state index contributed by atoms with van der Waals surface area (Å²) in [6.07, 6.45) is 10.1. The molecule has 4 heterocycles. The number of nitrogens with zero attached hydrogens (tertiary/aromatic N) is 5. The van der Waals surface area contributed by atoms with Crippen molar-refractivity contribution in [1.29, 1.82) is 0 Å². The molecule has 1 aromatic carbocycles. The largest absolute Gasteiger partial charge is 0.455 e. The first-order chi connectivity index (χ1) is 16.1. The standard InChI is InChI=1S/C24H24FN5O2S/c25-19-6-4-18(5-7-19)16-22-26-24(33-27-22)30-13-3-12-29(14-15-30)23(31)21-9-8-20(32-21)17-28-10-1-2-11-28/h3-9,12,14-15H,1-2,10-11,13,16-17H2. The van der Waals surface area contributed by atoms with E-state index in [1.165, 1.54) is 41.4 Å². The van der Waals surface area contributed by atoms with E-state index in [4.69, 9.17) is 4.42 Å². The molecule has 1 fully saturated rings. The van der Waals surface area contributed by atoms with E-state index < -0.39 is 0 Å². The average Bonchev–Trinajstić information content (AvgIpc) is 3.56. The van der Waals surface area contributed by atoms with Crippen LogP contribution in [0.3, 0.4) is 0 Å². The second kappa shape index (κ2) is 9.68. The summed E-state index contributed by atoms with van der Waals surface area (Å²) in [7, 11) is 0. The number of carbonyl (C=O) groups excluding carboxylic acids is 1. The molecule has 0 atom stereocenters. The molecule has 0 unspecified atom stereocenters. The molecule has 2 aromatic heterocycles. The third-order valence-corrected chi connectivity index (χ3v) is 6.43. The van der Waals surface area contributed by atoms with E-state index in [1.54, 1.807) is 30.6 Å². The van der Waals surface area contributed by atoms with Crippen LogP contribution in [0.4, 0.5) is 9.52 Å². The first-order valence-electron chi connectivity index (χ1n) is 11.0. The Morgan fingerprint density at radius 2 is 1.88 bits per heavy atom. The van der Waals surface area contributed by atoms with Gasteiger partial charge in [0, 0.05) is 43.1 Å². The van der Waals surface area contributed by atoms with Crippen molar-refractivity contribution in [2.24, 2.45) is 0 Å². The Labute approximate surface area is 195 Å². The first kappa shape index (κ1) is 21.5. The number of aromatic nitrogens is 2. The molecular weight excluding hydrogens is 441 g/mol. The summed E-state index contributed by atoms with van der Waals surface area (Å²) >= 11 is 1.29. The maximum atomic E-state index is 13.1. The van der Waals surface area contributed by atoms with Gasteiger partial charge in [0.2, 0.25) is 5.13 Å². The fraction of sp³-hybridized carbons (Fsp3) is 0.292. The molecule has 5 rings (SSSR count). The third-order valence-electron chi connectivity index (χ3n) is 5.64. The highest BCUT2D eigenvalue weighted by molar-refractivity contribution is 7.09. The smallest absolute Gasteiger partial charge is 0.297 e. The summed E-state index contributed by atoms with van der Waals surface area (Å²) < 4.78 is 23.4. The molecule has 0 spiro atoms. The minimum Gasteiger partial charge on any atom is -0.455 e. The predicted molar refractivity (Wildman–Crippen MR) is 124 cm³/mol. The van der Waals surface area contributed by atoms with Crippen molar-refractivity contribution in [2.45, 2.75) is 25.8 Å². The van der Waals surface area contributed by atoms with E-state index >= 15 is 0 Å². The molecule has 0 radical (unpaired) electrons. The summed E-state index contributed by atoms with van der Waals surface area (Å²) in [5, 5.41) is 0.730. The Kier molecular flexibility index (Phi) is 6.32. The molecule has 9 heteroatoms. The van der Waals surface area contributed by atoms with Crippen LogP contribution in [-0.2, 0) is 13.0 Å². The summed E-state index contributed by atoms with van der Waals surface area (Å²) in [6, 6.07) is 9.96. The number of carbonyl (C=O) groups is 1. The van der Waals surface area contributed by atoms with Gasteiger partial charge in [-0.2, -0.15) is 4.37 Å². The van der Waals surface area contributed by atoms with Gasteiger partial charge in [-0.25, -0.2) is 9.37 Å². The van der Waals surface area contributed by atoms with Crippen molar-refractivity contribution >= 4 is 22.6 Å². The van der Waals surface area contributed by atoms with E-state index in [1.807, 2.05) is 23.2 Å². The Morgan fingerprint density at radius 1 is 1.06 bits per heavy atom. The lowest BCUT2D eigenvalue weighted by Gasteiger charge is -2.13. The first-order valence-corrected chi connectivity index (χ1v) is 11.7. The van der Waals surface area contributed by atoms with Crippen molar-refractivity contribution in [3.8, 4) is 0 Å². The summed E-state index contributed by atoms with van der Waals surface area (Å²) in [6.45, 7) is 3.46. The molecule has 0 bridgehead atoms. The molecule has 0 N–H and O–H groups in total. The van der Waals surface area contributed by atoms with Crippen molar-refractivity contribution in [3.63, 3.8) is 0 Å². The molecule has 170 valence electrons. The lowest BCUT2D eigenvalue weighted by molar-refractivity contribution is 0.0836. The van der Waals surface area contributed by atoms with Gasteiger partial charge in [-0.15, -0.1) is 0 Å². The van der Waals surface area contributed by atoms with E-state index in [-0.39, 0.29) is 11.7 Å². The van der Waals surface area contributed by atoms with E-state index in [0.717, 1.165) is 36.1 Å². The zero-order chi connectivity index (χ0) is 22.6. The van der Waals surface area contributed by atoms with Crippen LogP contribution >= 0.6 is 11.5 Å². The van der Waals surface area contributed by atoms with Crippen LogP contribution in [0.5, 0.6) is 0 Å². The predicted octanol–water partition coefficient (Wildman–Crippen LogP) is 4.40. The number of hydrogen-bond acceptors (Lipinski definition) is 7. The highest BCUT2D eigenvalue weighted by Crippen LogP contribution is 2.22. The van der Waals surface area contributed by atoms with Crippen LogP contribution in [0, 0.1) is 5.82 Å². The number of anilines is 1. The lowest BCUT2D eigenvalue weighted by atomic mass is 10.1. The summed E-state index contributed by atoms with van der Waals surface area (Å²) in [5.41, 5.74) is 0.950. The van der Waals surface area contributed by atoms with Gasteiger partial charge in [-0.3, -0.25) is 14.6 Å². The number of furan rings is 1. The number of likely N-dealkylation sites (tertiary alicyclic amines) is 1. The molecule has 1 amide bonds. The minimum atomic E-state index is -0.261. The lowest BCUT2D eigenvalue weighted by Crippen LogP contribution is -2.20. The second-order valence-corrected chi connectivity index (χ2v) is 8.82. The van der Waals surface area contributed by atoms with Crippen LogP contribution in [0.2, 0.25) is 0 Å². The van der Waals surface area contributed by atoms with Crippen LogP contribution < -0.4 is 4.90 Å². The highest BCUT2D eigenvalue weighted by Gasteiger charge is 2.20. The average molecular weight is 466 g/mol. The van der Waals surface area contributed by atoms with E-state index in [9.17, 15) is 9.18 Å². The zero-order valence-electron chi connectivity index (χ0n) is 18.1. The van der Waals surface area contributed by atoms with Gasteiger partial charge >= 0.3 is 0 Å². The number of benzene rings is 1. The normalized spacial score (nSPS) is 16.5. The van der Waals surface area contributed by atoms with Gasteiger partial charge in [0.05, 0.1) is 6.54 Å². The van der Waals surface area contributed by atoms with Gasteiger partial charge in [0.1, 0.15) is 17.4 Å². The van der Waals surface area contributed by atoms with Gasteiger partial charge < -0.3 is 9.32 Å². The zero-order valence-corrected chi connectivity index (χ0v) is 18.9. The van der Waals surface area contributed by atoms with Crippen LogP contribution in [0.25, 0.3) is 0 Å².